The maximum Gasteiger partial charge on any atom is 0.166 e. The topological polar surface area (TPSA) is 0 Å². The second-order valence-corrected chi connectivity index (χ2v) is 9.59. The lowest BCUT2D eigenvalue weighted by atomic mass is 9.64. The van der Waals surface area contributed by atoms with E-state index in [1.807, 2.05) is 0 Å². The molecule has 2 aromatic carbocycles. The van der Waals surface area contributed by atoms with Crippen molar-refractivity contribution in [3.05, 3.63) is 83.7 Å². The third kappa shape index (κ3) is 4.72. The van der Waals surface area contributed by atoms with Gasteiger partial charge < -0.3 is 0 Å². The third-order valence-electron chi connectivity index (χ3n) is 7.65. The zero-order chi connectivity index (χ0) is 22.7. The molecule has 2 aromatic rings. The van der Waals surface area contributed by atoms with Crippen LogP contribution in [0.2, 0.25) is 0 Å². The SMILES string of the molecule is C=CCCc1ccc(-c2ccc(C3CCC4CC(/C=C/C)CCC4C3)c(F)c2F)cc1F. The van der Waals surface area contributed by atoms with Crippen LogP contribution in [-0.2, 0) is 6.42 Å². The molecular formula is C29H33F3. The Morgan fingerprint density at radius 3 is 2.47 bits per heavy atom. The molecule has 32 heavy (non-hydrogen) atoms. The molecule has 0 radical (unpaired) electrons. The molecule has 2 aliphatic rings. The Labute approximate surface area is 190 Å². The summed E-state index contributed by atoms with van der Waals surface area (Å²) in [5, 5.41) is 0. The summed E-state index contributed by atoms with van der Waals surface area (Å²) in [6.45, 7) is 5.73. The summed E-state index contributed by atoms with van der Waals surface area (Å²) in [6, 6.07) is 8.00. The fraction of sp³-hybridized carbons (Fsp3) is 0.448. The van der Waals surface area contributed by atoms with Gasteiger partial charge >= 0.3 is 0 Å². The predicted octanol–water partition coefficient (Wildman–Crippen LogP) is 8.77. The van der Waals surface area contributed by atoms with Gasteiger partial charge in [0.25, 0.3) is 0 Å². The van der Waals surface area contributed by atoms with Crippen LogP contribution in [0, 0.1) is 35.2 Å². The molecule has 2 saturated carbocycles. The van der Waals surface area contributed by atoms with Gasteiger partial charge in [-0.3, -0.25) is 0 Å². The number of benzene rings is 2. The van der Waals surface area contributed by atoms with E-state index in [2.05, 4.69) is 25.7 Å². The van der Waals surface area contributed by atoms with E-state index in [1.54, 1.807) is 30.3 Å². The average molecular weight is 439 g/mol. The molecule has 0 bridgehead atoms. The van der Waals surface area contributed by atoms with Crippen molar-refractivity contribution in [3.8, 4) is 11.1 Å². The number of allylic oxidation sites excluding steroid dienone is 3. The Balaban J connectivity index is 1.51. The van der Waals surface area contributed by atoms with E-state index in [0.29, 0.717) is 47.3 Å². The Morgan fingerprint density at radius 1 is 0.938 bits per heavy atom. The predicted molar refractivity (Wildman–Crippen MR) is 126 cm³/mol. The van der Waals surface area contributed by atoms with Crippen molar-refractivity contribution in [2.75, 3.05) is 0 Å². The first-order valence-corrected chi connectivity index (χ1v) is 12.0. The highest BCUT2D eigenvalue weighted by Crippen LogP contribution is 2.48. The molecule has 0 amide bonds. The normalized spacial score (nSPS) is 25.6. The Bertz CT molecular complexity index is 990. The monoisotopic (exact) mass is 438 g/mol. The first-order chi connectivity index (χ1) is 15.5. The smallest absolute Gasteiger partial charge is 0.166 e. The number of rotatable bonds is 6. The van der Waals surface area contributed by atoms with Gasteiger partial charge in [-0.2, -0.15) is 0 Å². The van der Waals surface area contributed by atoms with Crippen LogP contribution in [0.15, 0.2) is 55.1 Å². The first kappa shape index (κ1) is 22.9. The maximum atomic E-state index is 15.2. The van der Waals surface area contributed by atoms with Gasteiger partial charge in [-0.1, -0.05) is 42.5 Å². The minimum absolute atomic E-state index is 0.0658. The Kier molecular flexibility index (Phi) is 7.23. The summed E-state index contributed by atoms with van der Waals surface area (Å²) in [6.07, 6.45) is 14.0. The van der Waals surface area contributed by atoms with Gasteiger partial charge in [-0.15, -0.1) is 6.58 Å². The van der Waals surface area contributed by atoms with Crippen LogP contribution in [0.25, 0.3) is 11.1 Å². The first-order valence-electron chi connectivity index (χ1n) is 12.0. The van der Waals surface area contributed by atoms with E-state index < -0.39 is 11.6 Å². The van der Waals surface area contributed by atoms with Gasteiger partial charge in [0.2, 0.25) is 0 Å². The minimum atomic E-state index is -0.861. The van der Waals surface area contributed by atoms with Crippen molar-refractivity contribution in [3.63, 3.8) is 0 Å². The van der Waals surface area contributed by atoms with Gasteiger partial charge in [0.1, 0.15) is 5.82 Å². The lowest BCUT2D eigenvalue weighted by Crippen LogP contribution is -2.30. The minimum Gasteiger partial charge on any atom is -0.207 e. The fourth-order valence-corrected chi connectivity index (χ4v) is 5.93. The molecule has 4 rings (SSSR count). The molecule has 0 spiro atoms. The average Bonchev–Trinajstić information content (AvgIpc) is 2.80. The Hall–Kier alpha value is -2.29. The zero-order valence-electron chi connectivity index (χ0n) is 18.9. The summed E-state index contributed by atoms with van der Waals surface area (Å²) in [7, 11) is 0. The molecule has 0 heterocycles. The van der Waals surface area contributed by atoms with Crippen LogP contribution in [-0.4, -0.2) is 0 Å². The highest BCUT2D eigenvalue weighted by molar-refractivity contribution is 5.65. The largest absolute Gasteiger partial charge is 0.207 e. The van der Waals surface area contributed by atoms with E-state index >= 15 is 8.78 Å². The molecule has 4 atom stereocenters. The number of aryl methyl sites for hydroxylation is 1. The summed E-state index contributed by atoms with van der Waals surface area (Å²) >= 11 is 0. The molecule has 2 aliphatic carbocycles. The molecule has 0 saturated heterocycles. The summed E-state index contributed by atoms with van der Waals surface area (Å²) < 4.78 is 44.7. The molecule has 0 nitrogen and oxygen atoms in total. The van der Waals surface area contributed by atoms with Crippen molar-refractivity contribution < 1.29 is 13.2 Å². The van der Waals surface area contributed by atoms with Gasteiger partial charge in [0.15, 0.2) is 11.6 Å². The van der Waals surface area contributed by atoms with Gasteiger partial charge in [0, 0.05) is 5.56 Å². The van der Waals surface area contributed by atoms with Crippen molar-refractivity contribution >= 4 is 0 Å². The molecule has 170 valence electrons. The number of fused-ring (bicyclic) bond motifs is 1. The Morgan fingerprint density at radius 2 is 1.72 bits per heavy atom. The van der Waals surface area contributed by atoms with Crippen LogP contribution in [0.4, 0.5) is 13.2 Å². The quantitative estimate of drug-likeness (QED) is 0.395. The lowest BCUT2D eigenvalue weighted by Gasteiger charge is -2.42. The second kappa shape index (κ2) is 10.1. The summed E-state index contributed by atoms with van der Waals surface area (Å²) in [4.78, 5) is 0. The van der Waals surface area contributed by atoms with E-state index in [-0.39, 0.29) is 17.3 Å². The van der Waals surface area contributed by atoms with Crippen LogP contribution in [0.1, 0.15) is 68.9 Å². The van der Waals surface area contributed by atoms with E-state index in [4.69, 9.17) is 0 Å². The third-order valence-corrected chi connectivity index (χ3v) is 7.65. The zero-order valence-corrected chi connectivity index (χ0v) is 18.9. The van der Waals surface area contributed by atoms with Crippen LogP contribution in [0.5, 0.6) is 0 Å². The van der Waals surface area contributed by atoms with Crippen LogP contribution in [0.3, 0.4) is 0 Å². The van der Waals surface area contributed by atoms with Gasteiger partial charge in [-0.25, -0.2) is 13.2 Å². The maximum absolute atomic E-state index is 15.2. The second-order valence-electron chi connectivity index (χ2n) is 9.59. The molecule has 3 heteroatoms. The van der Waals surface area contributed by atoms with Crippen molar-refractivity contribution in [1.29, 1.82) is 0 Å². The molecule has 2 fully saturated rings. The van der Waals surface area contributed by atoms with Crippen molar-refractivity contribution in [2.24, 2.45) is 17.8 Å². The molecule has 0 aromatic heterocycles. The van der Waals surface area contributed by atoms with Crippen LogP contribution >= 0.6 is 0 Å². The number of hydrogen-bond donors (Lipinski definition) is 0. The van der Waals surface area contributed by atoms with E-state index in [0.717, 1.165) is 19.3 Å². The van der Waals surface area contributed by atoms with Crippen LogP contribution < -0.4 is 0 Å². The fourth-order valence-electron chi connectivity index (χ4n) is 5.93. The van der Waals surface area contributed by atoms with E-state index in [9.17, 15) is 4.39 Å². The highest BCUT2D eigenvalue weighted by Gasteiger charge is 2.36. The van der Waals surface area contributed by atoms with E-state index in [1.165, 1.54) is 25.3 Å². The molecular weight excluding hydrogens is 405 g/mol. The molecule has 0 aliphatic heterocycles. The standard InChI is InChI=1S/C29H33F3/c1-3-5-7-20-10-12-24(18-27(20)30)26-15-14-25(28(31)29(26)32)23-13-11-21-16-19(6-4-2)8-9-22(21)17-23/h3-4,6,10,12,14-15,18-19,21-23H,1,5,7-9,11,13,16-17H2,2H3/b6-4+. The summed E-state index contributed by atoms with van der Waals surface area (Å²) in [5.74, 6) is 0.0425. The highest BCUT2D eigenvalue weighted by atomic mass is 19.2. The van der Waals surface area contributed by atoms with Crippen molar-refractivity contribution in [2.45, 2.75) is 64.2 Å². The molecule has 4 unspecified atom stereocenters. The lowest BCUT2D eigenvalue weighted by molar-refractivity contribution is 0.132. The summed E-state index contributed by atoms with van der Waals surface area (Å²) in [5.41, 5.74) is 1.55. The number of halogens is 3. The number of hydrogen-bond acceptors (Lipinski definition) is 0. The molecule has 0 N–H and O–H groups in total. The van der Waals surface area contributed by atoms with Gasteiger partial charge in [-0.05, 0) is 105 Å². The van der Waals surface area contributed by atoms with Crippen molar-refractivity contribution in [1.82, 2.24) is 0 Å². The van der Waals surface area contributed by atoms with Gasteiger partial charge in [0.05, 0.1) is 0 Å².